The van der Waals surface area contributed by atoms with E-state index in [1.54, 1.807) is 6.92 Å². The zero-order chi connectivity index (χ0) is 11.4. The summed E-state index contributed by atoms with van der Waals surface area (Å²) in [6.45, 7) is 4.65. The first-order valence-corrected chi connectivity index (χ1v) is 5.77. The summed E-state index contributed by atoms with van der Waals surface area (Å²) >= 11 is 0. The largest absolute Gasteiger partial charge is 0.373 e. The van der Waals surface area contributed by atoms with Crippen molar-refractivity contribution in [3.05, 3.63) is 35.9 Å². The van der Waals surface area contributed by atoms with E-state index in [4.69, 9.17) is 4.74 Å². The molecule has 16 heavy (non-hydrogen) atoms. The molecule has 0 aliphatic carbocycles. The van der Waals surface area contributed by atoms with Gasteiger partial charge < -0.3 is 4.74 Å². The van der Waals surface area contributed by atoms with E-state index in [0.29, 0.717) is 13.2 Å². The molecule has 0 bridgehead atoms. The zero-order valence-corrected chi connectivity index (χ0v) is 9.60. The SMILES string of the molecule is C[C@@H](F)[C@H]1CN(Cc2ccccc2)CCO1. The molecule has 1 aromatic rings. The molecule has 0 saturated carbocycles. The maximum atomic E-state index is 13.1. The first-order chi connectivity index (χ1) is 7.75. The minimum atomic E-state index is -0.890. The van der Waals surface area contributed by atoms with E-state index >= 15 is 0 Å². The Labute approximate surface area is 96.0 Å². The van der Waals surface area contributed by atoms with Crippen LogP contribution in [0, 0.1) is 0 Å². The maximum Gasteiger partial charge on any atom is 0.125 e. The number of morpholine rings is 1. The first kappa shape index (κ1) is 11.6. The van der Waals surface area contributed by atoms with Crippen molar-refractivity contribution in [2.24, 2.45) is 0 Å². The summed E-state index contributed by atoms with van der Waals surface area (Å²) in [5, 5.41) is 0. The fourth-order valence-corrected chi connectivity index (χ4v) is 1.99. The number of rotatable bonds is 3. The van der Waals surface area contributed by atoms with Crippen molar-refractivity contribution in [2.45, 2.75) is 25.7 Å². The minimum absolute atomic E-state index is 0.266. The van der Waals surface area contributed by atoms with E-state index in [9.17, 15) is 4.39 Å². The van der Waals surface area contributed by atoms with Gasteiger partial charge in [0, 0.05) is 19.6 Å². The summed E-state index contributed by atoms with van der Waals surface area (Å²) in [6.07, 6.45) is -1.16. The van der Waals surface area contributed by atoms with Crippen molar-refractivity contribution >= 4 is 0 Å². The van der Waals surface area contributed by atoms with Gasteiger partial charge in [0.05, 0.1) is 6.61 Å². The molecule has 0 amide bonds. The van der Waals surface area contributed by atoms with Crippen LogP contribution in [0.5, 0.6) is 0 Å². The smallest absolute Gasteiger partial charge is 0.125 e. The van der Waals surface area contributed by atoms with Crippen molar-refractivity contribution in [2.75, 3.05) is 19.7 Å². The van der Waals surface area contributed by atoms with E-state index in [1.165, 1.54) is 5.56 Å². The first-order valence-electron chi connectivity index (χ1n) is 5.77. The topological polar surface area (TPSA) is 12.5 Å². The van der Waals surface area contributed by atoms with E-state index < -0.39 is 6.17 Å². The molecule has 0 N–H and O–H groups in total. The summed E-state index contributed by atoms with van der Waals surface area (Å²) in [4.78, 5) is 2.25. The van der Waals surface area contributed by atoms with Gasteiger partial charge in [-0.2, -0.15) is 0 Å². The van der Waals surface area contributed by atoms with Gasteiger partial charge in [-0.05, 0) is 12.5 Å². The van der Waals surface area contributed by atoms with Crippen LogP contribution in [0.2, 0.25) is 0 Å². The predicted octanol–water partition coefficient (Wildman–Crippen LogP) is 2.25. The highest BCUT2D eigenvalue weighted by atomic mass is 19.1. The van der Waals surface area contributed by atoms with Crippen LogP contribution in [0.25, 0.3) is 0 Å². The lowest BCUT2D eigenvalue weighted by atomic mass is 10.1. The van der Waals surface area contributed by atoms with Crippen LogP contribution in [0.4, 0.5) is 4.39 Å². The lowest BCUT2D eigenvalue weighted by Crippen LogP contribution is -2.45. The summed E-state index contributed by atoms with van der Waals surface area (Å²) in [7, 11) is 0. The molecule has 1 aliphatic rings. The van der Waals surface area contributed by atoms with Crippen LogP contribution in [0.3, 0.4) is 0 Å². The van der Waals surface area contributed by atoms with Crippen LogP contribution in [-0.2, 0) is 11.3 Å². The third-order valence-corrected chi connectivity index (χ3v) is 2.94. The molecular formula is C13H18FNO. The van der Waals surface area contributed by atoms with Gasteiger partial charge in [-0.1, -0.05) is 30.3 Å². The molecule has 0 aromatic heterocycles. The standard InChI is InChI=1S/C13H18FNO/c1-11(14)13-10-15(7-8-16-13)9-12-5-3-2-4-6-12/h2-6,11,13H,7-10H2,1H3/t11-,13-/m1/s1. The maximum absolute atomic E-state index is 13.1. The summed E-state index contributed by atoms with van der Waals surface area (Å²) in [5.74, 6) is 0. The summed E-state index contributed by atoms with van der Waals surface area (Å²) in [5.41, 5.74) is 1.27. The molecule has 2 rings (SSSR count). The normalized spacial score (nSPS) is 24.2. The third-order valence-electron chi connectivity index (χ3n) is 2.94. The fraction of sp³-hybridized carbons (Fsp3) is 0.538. The average molecular weight is 223 g/mol. The van der Waals surface area contributed by atoms with Gasteiger partial charge in [-0.25, -0.2) is 4.39 Å². The zero-order valence-electron chi connectivity index (χ0n) is 9.60. The van der Waals surface area contributed by atoms with Gasteiger partial charge in [0.1, 0.15) is 12.3 Å². The lowest BCUT2D eigenvalue weighted by molar-refractivity contribution is -0.0634. The fourth-order valence-electron chi connectivity index (χ4n) is 1.99. The summed E-state index contributed by atoms with van der Waals surface area (Å²) in [6, 6.07) is 10.3. The Morgan fingerprint density at radius 3 is 2.88 bits per heavy atom. The van der Waals surface area contributed by atoms with Crippen molar-refractivity contribution in [3.8, 4) is 0 Å². The Morgan fingerprint density at radius 2 is 2.19 bits per heavy atom. The van der Waals surface area contributed by atoms with Gasteiger partial charge in [0.25, 0.3) is 0 Å². The van der Waals surface area contributed by atoms with Crippen LogP contribution in [0.15, 0.2) is 30.3 Å². The van der Waals surface area contributed by atoms with Crippen molar-refractivity contribution in [1.82, 2.24) is 4.90 Å². The highest BCUT2D eigenvalue weighted by Crippen LogP contribution is 2.13. The quantitative estimate of drug-likeness (QED) is 0.779. The Bertz CT molecular complexity index is 315. The molecule has 0 radical (unpaired) electrons. The van der Waals surface area contributed by atoms with Crippen molar-refractivity contribution in [3.63, 3.8) is 0 Å². The summed E-state index contributed by atoms with van der Waals surface area (Å²) < 4.78 is 18.5. The average Bonchev–Trinajstić information content (AvgIpc) is 2.30. The number of benzene rings is 1. The molecule has 1 fully saturated rings. The predicted molar refractivity (Wildman–Crippen MR) is 62.0 cm³/mol. The highest BCUT2D eigenvalue weighted by molar-refractivity contribution is 5.14. The third kappa shape index (κ3) is 3.03. The number of halogens is 1. The van der Waals surface area contributed by atoms with Crippen LogP contribution in [-0.4, -0.2) is 36.9 Å². The van der Waals surface area contributed by atoms with Gasteiger partial charge in [0.15, 0.2) is 0 Å². The molecule has 1 heterocycles. The molecule has 2 nitrogen and oxygen atoms in total. The molecular weight excluding hydrogens is 205 g/mol. The molecule has 88 valence electrons. The van der Waals surface area contributed by atoms with E-state index in [-0.39, 0.29) is 6.10 Å². The van der Waals surface area contributed by atoms with Gasteiger partial charge in [-0.15, -0.1) is 0 Å². The highest BCUT2D eigenvalue weighted by Gasteiger charge is 2.24. The second kappa shape index (κ2) is 5.41. The molecule has 3 heteroatoms. The monoisotopic (exact) mass is 223 g/mol. The number of hydrogen-bond acceptors (Lipinski definition) is 2. The van der Waals surface area contributed by atoms with Crippen LogP contribution < -0.4 is 0 Å². The molecule has 0 unspecified atom stereocenters. The number of alkyl halides is 1. The second-order valence-corrected chi connectivity index (χ2v) is 4.31. The Kier molecular flexibility index (Phi) is 3.91. The Morgan fingerprint density at radius 1 is 1.44 bits per heavy atom. The molecule has 1 aromatic carbocycles. The number of ether oxygens (including phenoxy) is 1. The minimum Gasteiger partial charge on any atom is -0.373 e. The molecule has 0 spiro atoms. The Hall–Kier alpha value is -0.930. The molecule has 1 saturated heterocycles. The van der Waals surface area contributed by atoms with Gasteiger partial charge in [-0.3, -0.25) is 4.90 Å². The van der Waals surface area contributed by atoms with Crippen LogP contribution in [0.1, 0.15) is 12.5 Å². The van der Waals surface area contributed by atoms with E-state index in [1.807, 2.05) is 18.2 Å². The second-order valence-electron chi connectivity index (χ2n) is 4.31. The van der Waals surface area contributed by atoms with Gasteiger partial charge >= 0.3 is 0 Å². The van der Waals surface area contributed by atoms with Crippen molar-refractivity contribution < 1.29 is 9.13 Å². The van der Waals surface area contributed by atoms with E-state index in [0.717, 1.165) is 13.1 Å². The van der Waals surface area contributed by atoms with Gasteiger partial charge in [0.2, 0.25) is 0 Å². The number of hydrogen-bond donors (Lipinski definition) is 0. The number of nitrogens with zero attached hydrogens (tertiary/aromatic N) is 1. The molecule has 2 atom stereocenters. The molecule has 1 aliphatic heterocycles. The van der Waals surface area contributed by atoms with E-state index in [2.05, 4.69) is 17.0 Å². The lowest BCUT2D eigenvalue weighted by Gasteiger charge is -2.33. The van der Waals surface area contributed by atoms with Crippen molar-refractivity contribution in [1.29, 1.82) is 0 Å². The Balaban J connectivity index is 1.90. The van der Waals surface area contributed by atoms with Crippen LogP contribution >= 0.6 is 0 Å².